The van der Waals surface area contributed by atoms with E-state index < -0.39 is 10.0 Å². The summed E-state index contributed by atoms with van der Waals surface area (Å²) in [6, 6.07) is 11.1. The van der Waals surface area contributed by atoms with Crippen molar-refractivity contribution in [2.75, 3.05) is 13.2 Å². The summed E-state index contributed by atoms with van der Waals surface area (Å²) in [6.45, 7) is 1.95. The molecule has 0 unspecified atom stereocenters. The van der Waals surface area contributed by atoms with Gasteiger partial charge in [-0.05, 0) is 30.2 Å². The number of nitrogens with zero attached hydrogens (tertiary/aromatic N) is 2. The second-order valence-electron chi connectivity index (χ2n) is 5.18. The van der Waals surface area contributed by atoms with Crippen LogP contribution in [0.25, 0.3) is 6.08 Å². The molecule has 6 heteroatoms. The minimum atomic E-state index is -3.63. The number of sulfonamides is 1. The Hall–Kier alpha value is -2.02. The maximum absolute atomic E-state index is 12.5. The van der Waals surface area contributed by atoms with Gasteiger partial charge in [0.2, 0.25) is 10.0 Å². The van der Waals surface area contributed by atoms with E-state index in [1.807, 2.05) is 31.2 Å². The van der Waals surface area contributed by atoms with Gasteiger partial charge in [0.05, 0.1) is 6.61 Å². The molecule has 1 aromatic carbocycles. The number of hydrogen-bond donors (Lipinski definition) is 1. The maximum atomic E-state index is 12.5. The highest BCUT2D eigenvalue weighted by Crippen LogP contribution is 2.12. The highest BCUT2D eigenvalue weighted by molar-refractivity contribution is 7.92. The molecule has 1 N–H and O–H groups in total. The first-order valence-electron chi connectivity index (χ1n) is 7.26. The van der Waals surface area contributed by atoms with Gasteiger partial charge in [-0.2, -0.15) is 4.31 Å². The SMILES string of the molecule is Cc1ccc(/C=C/S(=O)(=O)N(CCO)Cc2cccnc2)cc1. The van der Waals surface area contributed by atoms with Crippen LogP contribution in [0.2, 0.25) is 0 Å². The van der Waals surface area contributed by atoms with Crippen LogP contribution in [-0.4, -0.2) is 36.0 Å². The smallest absolute Gasteiger partial charge is 0.236 e. The summed E-state index contributed by atoms with van der Waals surface area (Å²) in [5.74, 6) is 0. The van der Waals surface area contributed by atoms with Gasteiger partial charge >= 0.3 is 0 Å². The van der Waals surface area contributed by atoms with Crippen LogP contribution in [0.1, 0.15) is 16.7 Å². The Morgan fingerprint density at radius 3 is 2.57 bits per heavy atom. The standard InChI is InChI=1S/C17H20N2O3S/c1-15-4-6-16(7-5-15)8-12-23(21,22)19(10-11-20)14-17-3-2-9-18-13-17/h2-9,12-13,20H,10-11,14H2,1H3/b12-8+. The zero-order chi connectivity index (χ0) is 16.7. The number of hydrogen-bond acceptors (Lipinski definition) is 4. The third-order valence-corrected chi connectivity index (χ3v) is 4.81. The zero-order valence-corrected chi connectivity index (χ0v) is 13.8. The number of benzene rings is 1. The van der Waals surface area contributed by atoms with Gasteiger partial charge in [0.15, 0.2) is 0 Å². The molecule has 2 rings (SSSR count). The lowest BCUT2D eigenvalue weighted by molar-refractivity contribution is 0.252. The Morgan fingerprint density at radius 1 is 1.22 bits per heavy atom. The summed E-state index contributed by atoms with van der Waals surface area (Å²) in [7, 11) is -3.63. The molecular weight excluding hydrogens is 312 g/mol. The number of rotatable bonds is 7. The maximum Gasteiger partial charge on any atom is 0.236 e. The van der Waals surface area contributed by atoms with Gasteiger partial charge < -0.3 is 5.11 Å². The average molecular weight is 332 g/mol. The average Bonchev–Trinajstić information content (AvgIpc) is 2.55. The van der Waals surface area contributed by atoms with Gasteiger partial charge in [-0.15, -0.1) is 0 Å². The Labute approximate surface area is 137 Å². The number of aryl methyl sites for hydroxylation is 1. The predicted octanol–water partition coefficient (Wildman–Crippen LogP) is 2.19. The molecule has 0 aliphatic heterocycles. The molecule has 0 bridgehead atoms. The lowest BCUT2D eigenvalue weighted by Gasteiger charge is -2.19. The van der Waals surface area contributed by atoms with E-state index in [1.54, 1.807) is 30.6 Å². The van der Waals surface area contributed by atoms with Gasteiger partial charge in [0.25, 0.3) is 0 Å². The monoisotopic (exact) mass is 332 g/mol. The van der Waals surface area contributed by atoms with E-state index in [0.29, 0.717) is 0 Å². The van der Waals surface area contributed by atoms with Crippen LogP contribution in [0, 0.1) is 6.92 Å². The summed E-state index contributed by atoms with van der Waals surface area (Å²) < 4.78 is 26.2. The van der Waals surface area contributed by atoms with E-state index in [1.165, 1.54) is 9.71 Å². The molecule has 0 saturated carbocycles. The van der Waals surface area contributed by atoms with Crippen molar-refractivity contribution < 1.29 is 13.5 Å². The number of aromatic nitrogens is 1. The predicted molar refractivity (Wildman–Crippen MR) is 90.9 cm³/mol. The molecule has 0 spiro atoms. The normalized spacial score (nSPS) is 12.1. The molecule has 2 aromatic rings. The van der Waals surface area contributed by atoms with Gasteiger partial charge in [-0.1, -0.05) is 35.9 Å². The highest BCUT2D eigenvalue weighted by atomic mass is 32.2. The van der Waals surface area contributed by atoms with E-state index in [0.717, 1.165) is 16.7 Å². The minimum absolute atomic E-state index is 0.0372. The fourth-order valence-electron chi connectivity index (χ4n) is 2.03. The van der Waals surface area contributed by atoms with E-state index in [-0.39, 0.29) is 19.7 Å². The van der Waals surface area contributed by atoms with Crippen LogP contribution in [0.4, 0.5) is 0 Å². The third-order valence-electron chi connectivity index (χ3n) is 3.30. The lowest BCUT2D eigenvalue weighted by Crippen LogP contribution is -2.31. The fourth-order valence-corrected chi connectivity index (χ4v) is 3.20. The zero-order valence-electron chi connectivity index (χ0n) is 13.0. The Kier molecular flexibility index (Phi) is 6.04. The Bertz CT molecular complexity index is 741. The summed E-state index contributed by atoms with van der Waals surface area (Å²) >= 11 is 0. The third kappa shape index (κ3) is 5.28. The summed E-state index contributed by atoms with van der Waals surface area (Å²) in [5, 5.41) is 10.3. The molecule has 0 amide bonds. The number of aliphatic hydroxyl groups excluding tert-OH is 1. The molecule has 1 aromatic heterocycles. The first-order valence-corrected chi connectivity index (χ1v) is 8.76. The number of pyridine rings is 1. The summed E-state index contributed by atoms with van der Waals surface area (Å²) in [6.07, 6.45) is 4.80. The van der Waals surface area contributed by atoms with Gasteiger partial charge in [-0.3, -0.25) is 4.98 Å². The van der Waals surface area contributed by atoms with Crippen LogP contribution in [-0.2, 0) is 16.6 Å². The molecule has 0 aliphatic rings. The molecule has 0 radical (unpaired) electrons. The largest absolute Gasteiger partial charge is 0.395 e. The van der Waals surface area contributed by atoms with Crippen molar-refractivity contribution in [3.8, 4) is 0 Å². The minimum Gasteiger partial charge on any atom is -0.395 e. The summed E-state index contributed by atoms with van der Waals surface area (Å²) in [4.78, 5) is 3.98. The van der Waals surface area contributed by atoms with Gasteiger partial charge in [0.1, 0.15) is 0 Å². The second-order valence-corrected chi connectivity index (χ2v) is 7.00. The van der Waals surface area contributed by atoms with E-state index in [9.17, 15) is 8.42 Å². The van der Waals surface area contributed by atoms with E-state index in [4.69, 9.17) is 5.11 Å². The summed E-state index contributed by atoms with van der Waals surface area (Å²) in [5.41, 5.74) is 2.70. The van der Waals surface area contributed by atoms with Crippen LogP contribution in [0.15, 0.2) is 54.2 Å². The van der Waals surface area contributed by atoms with Crippen LogP contribution in [0.3, 0.4) is 0 Å². The second kappa shape index (κ2) is 8.01. The molecule has 23 heavy (non-hydrogen) atoms. The Balaban J connectivity index is 2.17. The molecule has 0 fully saturated rings. The lowest BCUT2D eigenvalue weighted by atomic mass is 10.2. The van der Waals surface area contributed by atoms with Crippen molar-refractivity contribution in [2.24, 2.45) is 0 Å². The van der Waals surface area contributed by atoms with Crippen molar-refractivity contribution in [1.29, 1.82) is 0 Å². The first kappa shape index (κ1) is 17.3. The van der Waals surface area contributed by atoms with Crippen molar-refractivity contribution in [1.82, 2.24) is 9.29 Å². The van der Waals surface area contributed by atoms with Crippen LogP contribution in [0.5, 0.6) is 0 Å². The molecule has 0 saturated heterocycles. The quantitative estimate of drug-likeness (QED) is 0.844. The van der Waals surface area contributed by atoms with E-state index >= 15 is 0 Å². The molecule has 1 heterocycles. The van der Waals surface area contributed by atoms with E-state index in [2.05, 4.69) is 4.98 Å². The molecule has 5 nitrogen and oxygen atoms in total. The highest BCUT2D eigenvalue weighted by Gasteiger charge is 2.19. The fraction of sp³-hybridized carbons (Fsp3) is 0.235. The van der Waals surface area contributed by atoms with Crippen molar-refractivity contribution >= 4 is 16.1 Å². The number of aliphatic hydroxyl groups is 1. The van der Waals surface area contributed by atoms with Crippen molar-refractivity contribution in [3.63, 3.8) is 0 Å². The topological polar surface area (TPSA) is 70.5 Å². The van der Waals surface area contributed by atoms with Gasteiger partial charge in [0, 0.05) is 30.9 Å². The molecule has 0 aliphatic carbocycles. The first-order chi connectivity index (χ1) is 11.0. The Morgan fingerprint density at radius 2 is 1.96 bits per heavy atom. The van der Waals surface area contributed by atoms with Gasteiger partial charge in [-0.25, -0.2) is 8.42 Å². The van der Waals surface area contributed by atoms with Crippen LogP contribution < -0.4 is 0 Å². The molecule has 122 valence electrons. The van der Waals surface area contributed by atoms with Crippen LogP contribution >= 0.6 is 0 Å². The van der Waals surface area contributed by atoms with Crippen molar-refractivity contribution in [3.05, 3.63) is 70.9 Å². The molecular formula is C17H20N2O3S. The van der Waals surface area contributed by atoms with Crippen molar-refractivity contribution in [2.45, 2.75) is 13.5 Å². The molecule has 0 atom stereocenters.